The molecule has 2 aliphatic rings. The maximum absolute atomic E-state index is 12.5. The number of ether oxygens (including phenoxy) is 1. The highest BCUT2D eigenvalue weighted by molar-refractivity contribution is 7.88. The monoisotopic (exact) mass is 369 g/mol. The summed E-state index contributed by atoms with van der Waals surface area (Å²) >= 11 is 0. The van der Waals surface area contributed by atoms with Crippen LogP contribution in [0.1, 0.15) is 13.8 Å². The van der Waals surface area contributed by atoms with E-state index in [1.54, 1.807) is 13.8 Å². The Bertz CT molecular complexity index is 742. The number of dihydropyridines is 1. The van der Waals surface area contributed by atoms with E-state index in [1.807, 2.05) is 0 Å². The molecule has 0 spiro atoms. The van der Waals surface area contributed by atoms with Gasteiger partial charge in [0.25, 0.3) is 0 Å². The standard InChI is InChI=1S/C12H14F3N3O5S/c1-4-22-11(19)7-5-8(23-24(20,21)12(13,14)15)16-10-9(7)6(2)17-18(10)3/h5,9-10H,4H2,1-3H3. The second-order valence-electron chi connectivity index (χ2n) is 4.98. The molecule has 2 rings (SSSR count). The van der Waals surface area contributed by atoms with Gasteiger partial charge < -0.3 is 8.92 Å². The highest BCUT2D eigenvalue weighted by Crippen LogP contribution is 2.33. The van der Waals surface area contributed by atoms with E-state index >= 15 is 0 Å². The Morgan fingerprint density at radius 1 is 1.42 bits per heavy atom. The average Bonchev–Trinajstić information content (AvgIpc) is 2.72. The number of aliphatic imine (C=N–C) groups is 1. The quantitative estimate of drug-likeness (QED) is 0.419. The van der Waals surface area contributed by atoms with Crippen LogP contribution in [0.5, 0.6) is 0 Å². The Labute approximate surface area is 135 Å². The fourth-order valence-corrected chi connectivity index (χ4v) is 2.75. The molecule has 24 heavy (non-hydrogen) atoms. The Morgan fingerprint density at radius 3 is 2.58 bits per heavy atom. The number of esters is 1. The van der Waals surface area contributed by atoms with E-state index in [-0.39, 0.29) is 12.2 Å². The van der Waals surface area contributed by atoms with Crippen LogP contribution in [0, 0.1) is 5.92 Å². The zero-order valence-corrected chi connectivity index (χ0v) is 13.7. The summed E-state index contributed by atoms with van der Waals surface area (Å²) < 4.78 is 68.5. The van der Waals surface area contributed by atoms with Crippen molar-refractivity contribution in [2.45, 2.75) is 25.5 Å². The van der Waals surface area contributed by atoms with E-state index in [2.05, 4.69) is 14.3 Å². The van der Waals surface area contributed by atoms with Gasteiger partial charge in [0.2, 0.25) is 5.90 Å². The number of carbonyl (C=O) groups excluding carboxylic acids is 1. The number of alkyl halides is 3. The third kappa shape index (κ3) is 3.23. The van der Waals surface area contributed by atoms with Crippen molar-refractivity contribution in [2.24, 2.45) is 16.0 Å². The van der Waals surface area contributed by atoms with Crippen LogP contribution in [0.4, 0.5) is 13.2 Å². The van der Waals surface area contributed by atoms with Crippen molar-refractivity contribution in [3.8, 4) is 0 Å². The summed E-state index contributed by atoms with van der Waals surface area (Å²) in [7, 11) is -4.41. The molecule has 2 heterocycles. The van der Waals surface area contributed by atoms with Gasteiger partial charge in [-0.05, 0) is 13.8 Å². The van der Waals surface area contributed by atoms with Crippen LogP contribution in [0.2, 0.25) is 0 Å². The van der Waals surface area contributed by atoms with E-state index in [9.17, 15) is 26.4 Å². The zero-order valence-electron chi connectivity index (χ0n) is 12.9. The summed E-state index contributed by atoms with van der Waals surface area (Å²) in [6.07, 6.45) is -0.0616. The molecule has 0 aromatic rings. The van der Waals surface area contributed by atoms with E-state index < -0.39 is 39.6 Å². The first-order chi connectivity index (χ1) is 11.0. The van der Waals surface area contributed by atoms with Crippen molar-refractivity contribution in [2.75, 3.05) is 13.7 Å². The Kier molecular flexibility index (Phi) is 4.61. The summed E-state index contributed by atoms with van der Waals surface area (Å²) in [5, 5.41) is 5.37. The molecule has 8 nitrogen and oxygen atoms in total. The van der Waals surface area contributed by atoms with Gasteiger partial charge in [0, 0.05) is 18.8 Å². The predicted octanol–water partition coefficient (Wildman–Crippen LogP) is 1.02. The number of hydrazone groups is 1. The van der Waals surface area contributed by atoms with Crippen molar-refractivity contribution in [1.29, 1.82) is 0 Å². The molecular formula is C12H14F3N3O5S. The third-order valence-electron chi connectivity index (χ3n) is 3.31. The number of hydrogen-bond donors (Lipinski definition) is 0. The first-order valence-electron chi connectivity index (χ1n) is 6.73. The first kappa shape index (κ1) is 18.2. The Balaban J connectivity index is 2.42. The maximum atomic E-state index is 12.5. The minimum atomic E-state index is -5.90. The minimum Gasteiger partial charge on any atom is -0.463 e. The number of hydrogen-bond acceptors (Lipinski definition) is 8. The molecule has 2 atom stereocenters. The SMILES string of the molecule is CCOC(=O)C1=CC(OS(=O)(=O)C(F)(F)F)=NC2C1C(C)=NN2C. The normalized spacial score (nSPS) is 23.9. The van der Waals surface area contributed by atoms with Gasteiger partial charge in [0.1, 0.15) is 0 Å². The van der Waals surface area contributed by atoms with Crippen molar-refractivity contribution >= 4 is 27.7 Å². The van der Waals surface area contributed by atoms with Gasteiger partial charge in [0.15, 0.2) is 6.17 Å². The number of rotatable bonds is 3. The molecule has 0 aliphatic carbocycles. The van der Waals surface area contributed by atoms with Crippen LogP contribution >= 0.6 is 0 Å². The van der Waals surface area contributed by atoms with Crippen LogP contribution in [0.25, 0.3) is 0 Å². The molecule has 0 aromatic heterocycles. The molecule has 0 bridgehead atoms. The van der Waals surface area contributed by atoms with Gasteiger partial charge in [0.05, 0.1) is 18.1 Å². The van der Waals surface area contributed by atoms with E-state index in [0.717, 1.165) is 6.08 Å². The molecule has 0 N–H and O–H groups in total. The van der Waals surface area contributed by atoms with E-state index in [0.29, 0.717) is 5.71 Å². The lowest BCUT2D eigenvalue weighted by Gasteiger charge is -2.26. The van der Waals surface area contributed by atoms with Gasteiger partial charge in [-0.3, -0.25) is 5.01 Å². The summed E-state index contributed by atoms with van der Waals surface area (Å²) in [6.45, 7) is 3.20. The molecule has 0 saturated carbocycles. The molecule has 134 valence electrons. The van der Waals surface area contributed by atoms with Gasteiger partial charge in [-0.2, -0.15) is 26.7 Å². The summed E-state index contributed by atoms with van der Waals surface area (Å²) in [5.41, 5.74) is -5.20. The van der Waals surface area contributed by atoms with Gasteiger partial charge in [-0.25, -0.2) is 9.79 Å². The molecule has 12 heteroatoms. The lowest BCUT2D eigenvalue weighted by molar-refractivity contribution is -0.139. The number of carbonyl (C=O) groups is 1. The largest absolute Gasteiger partial charge is 0.534 e. The fourth-order valence-electron chi connectivity index (χ4n) is 2.34. The highest BCUT2D eigenvalue weighted by Gasteiger charge is 2.50. The second kappa shape index (κ2) is 6.07. The predicted molar refractivity (Wildman–Crippen MR) is 76.4 cm³/mol. The van der Waals surface area contributed by atoms with Gasteiger partial charge in [-0.1, -0.05) is 0 Å². The molecule has 2 aliphatic heterocycles. The smallest absolute Gasteiger partial charge is 0.463 e. The average molecular weight is 369 g/mol. The molecule has 0 radical (unpaired) electrons. The van der Waals surface area contributed by atoms with Crippen molar-refractivity contribution in [3.63, 3.8) is 0 Å². The first-order valence-corrected chi connectivity index (χ1v) is 8.14. The van der Waals surface area contributed by atoms with Crippen LogP contribution in [0.15, 0.2) is 21.7 Å². The Hall–Kier alpha value is -2.11. The number of nitrogens with zero attached hydrogens (tertiary/aromatic N) is 3. The highest BCUT2D eigenvalue weighted by atomic mass is 32.2. The summed E-state index contributed by atoms with van der Waals surface area (Å²) in [5.74, 6) is -2.32. The molecule has 0 fully saturated rings. The molecular weight excluding hydrogens is 355 g/mol. The van der Waals surface area contributed by atoms with Crippen molar-refractivity contribution in [1.82, 2.24) is 5.01 Å². The summed E-state index contributed by atoms with van der Waals surface area (Å²) in [6, 6.07) is 0. The second-order valence-corrected chi connectivity index (χ2v) is 6.51. The topological polar surface area (TPSA) is 97.6 Å². The van der Waals surface area contributed by atoms with Crippen molar-refractivity contribution in [3.05, 3.63) is 11.6 Å². The number of halogens is 3. The van der Waals surface area contributed by atoms with Gasteiger partial charge >= 0.3 is 21.6 Å². The fraction of sp³-hybridized carbons (Fsp3) is 0.583. The number of fused-ring (bicyclic) bond motifs is 1. The van der Waals surface area contributed by atoms with Crippen LogP contribution in [-0.4, -0.2) is 56.3 Å². The lowest BCUT2D eigenvalue weighted by atomic mass is 9.90. The Morgan fingerprint density at radius 2 is 2.04 bits per heavy atom. The molecule has 0 aromatic carbocycles. The zero-order chi connectivity index (χ0) is 18.3. The van der Waals surface area contributed by atoms with E-state index in [1.165, 1.54) is 12.1 Å². The molecule has 2 unspecified atom stereocenters. The minimum absolute atomic E-state index is 0.0355. The van der Waals surface area contributed by atoms with Crippen LogP contribution < -0.4 is 0 Å². The third-order valence-corrected chi connectivity index (χ3v) is 4.27. The van der Waals surface area contributed by atoms with Gasteiger partial charge in [-0.15, -0.1) is 0 Å². The van der Waals surface area contributed by atoms with Crippen LogP contribution in [0.3, 0.4) is 0 Å². The van der Waals surface area contributed by atoms with Crippen LogP contribution in [-0.2, 0) is 23.8 Å². The molecule has 0 amide bonds. The lowest BCUT2D eigenvalue weighted by Crippen LogP contribution is -2.38. The van der Waals surface area contributed by atoms with E-state index in [4.69, 9.17) is 4.74 Å². The summed E-state index contributed by atoms with van der Waals surface area (Å²) in [4.78, 5) is 15.9. The van der Waals surface area contributed by atoms with Crippen molar-refractivity contribution < 1.29 is 35.3 Å². The molecule has 0 saturated heterocycles. The maximum Gasteiger partial charge on any atom is 0.534 e.